The van der Waals surface area contributed by atoms with Crippen molar-refractivity contribution < 1.29 is 23.8 Å². The third-order valence-electron chi connectivity index (χ3n) is 4.72. The van der Waals surface area contributed by atoms with Crippen molar-refractivity contribution in [3.8, 4) is 17.2 Å². The van der Waals surface area contributed by atoms with Gasteiger partial charge in [0.15, 0.2) is 11.5 Å². The van der Waals surface area contributed by atoms with E-state index in [-0.39, 0.29) is 11.8 Å². The number of aromatic nitrogens is 2. The van der Waals surface area contributed by atoms with Gasteiger partial charge in [-0.25, -0.2) is 4.98 Å². The molecular formula is C22H24N4O5. The molecule has 0 spiro atoms. The van der Waals surface area contributed by atoms with Crippen LogP contribution in [0.25, 0.3) is 0 Å². The topological polar surface area (TPSA) is 104 Å². The number of anilines is 2. The molecule has 9 nitrogen and oxygen atoms in total. The summed E-state index contributed by atoms with van der Waals surface area (Å²) in [4.78, 5) is 29.3. The minimum Gasteiger partial charge on any atom is -0.493 e. The highest BCUT2D eigenvalue weighted by Crippen LogP contribution is 2.40. The zero-order valence-electron chi connectivity index (χ0n) is 18.0. The van der Waals surface area contributed by atoms with Crippen LogP contribution >= 0.6 is 0 Å². The first-order valence-corrected chi connectivity index (χ1v) is 9.37. The number of imidazole rings is 1. The van der Waals surface area contributed by atoms with Crippen molar-refractivity contribution in [3.63, 3.8) is 0 Å². The fraction of sp³-hybridized carbons (Fsp3) is 0.227. The van der Waals surface area contributed by atoms with Crippen molar-refractivity contribution in [2.24, 2.45) is 7.05 Å². The van der Waals surface area contributed by atoms with Gasteiger partial charge in [-0.15, -0.1) is 0 Å². The van der Waals surface area contributed by atoms with Gasteiger partial charge in [0.25, 0.3) is 11.8 Å². The Labute approximate surface area is 180 Å². The van der Waals surface area contributed by atoms with Crippen LogP contribution in [0.15, 0.2) is 42.9 Å². The first kappa shape index (κ1) is 21.7. The van der Waals surface area contributed by atoms with E-state index >= 15 is 0 Å². The highest BCUT2D eigenvalue weighted by Gasteiger charge is 2.17. The number of ether oxygens (including phenoxy) is 3. The normalized spacial score (nSPS) is 10.4. The number of hydrogen-bond acceptors (Lipinski definition) is 6. The number of amides is 2. The van der Waals surface area contributed by atoms with Crippen LogP contribution in [0.4, 0.5) is 11.4 Å². The molecule has 0 aliphatic carbocycles. The molecular weight excluding hydrogens is 400 g/mol. The number of benzene rings is 2. The molecule has 0 unspecified atom stereocenters. The molecule has 2 amide bonds. The molecule has 2 N–H and O–H groups in total. The molecule has 0 radical (unpaired) electrons. The second-order valence-electron chi connectivity index (χ2n) is 6.74. The molecule has 3 rings (SSSR count). The summed E-state index contributed by atoms with van der Waals surface area (Å²) in [5.41, 5.74) is 2.61. The van der Waals surface area contributed by atoms with E-state index in [4.69, 9.17) is 14.2 Å². The molecule has 0 aliphatic rings. The molecule has 0 saturated heterocycles. The maximum absolute atomic E-state index is 12.8. The van der Waals surface area contributed by atoms with E-state index in [1.165, 1.54) is 27.5 Å². The van der Waals surface area contributed by atoms with E-state index in [1.54, 1.807) is 48.3 Å². The molecule has 0 aliphatic heterocycles. The van der Waals surface area contributed by atoms with E-state index < -0.39 is 0 Å². The molecule has 0 fully saturated rings. The van der Waals surface area contributed by atoms with Crippen molar-refractivity contribution in [2.75, 3.05) is 32.0 Å². The highest BCUT2D eigenvalue weighted by molar-refractivity contribution is 6.07. The van der Waals surface area contributed by atoms with Gasteiger partial charge in [-0.1, -0.05) is 6.07 Å². The average Bonchev–Trinajstić information content (AvgIpc) is 3.20. The third kappa shape index (κ3) is 4.61. The molecule has 162 valence electrons. The van der Waals surface area contributed by atoms with E-state index in [0.717, 1.165) is 5.56 Å². The summed E-state index contributed by atoms with van der Waals surface area (Å²) in [6, 6.07) is 8.35. The van der Waals surface area contributed by atoms with E-state index in [2.05, 4.69) is 15.6 Å². The fourth-order valence-electron chi connectivity index (χ4n) is 3.02. The quantitative estimate of drug-likeness (QED) is 0.603. The molecule has 3 aromatic rings. The van der Waals surface area contributed by atoms with Crippen molar-refractivity contribution in [1.29, 1.82) is 0 Å². The Bertz CT molecular complexity index is 1100. The summed E-state index contributed by atoms with van der Waals surface area (Å²) in [5, 5.41) is 5.64. The van der Waals surface area contributed by atoms with E-state index in [0.29, 0.717) is 39.9 Å². The van der Waals surface area contributed by atoms with Gasteiger partial charge in [0.2, 0.25) is 5.75 Å². The summed E-state index contributed by atoms with van der Waals surface area (Å²) < 4.78 is 17.6. The monoisotopic (exact) mass is 424 g/mol. The van der Waals surface area contributed by atoms with E-state index in [1.807, 2.05) is 6.92 Å². The number of carbonyl (C=O) groups is 2. The van der Waals surface area contributed by atoms with Crippen molar-refractivity contribution >= 4 is 23.2 Å². The number of nitrogens with zero attached hydrogens (tertiary/aromatic N) is 2. The van der Waals surface area contributed by atoms with Crippen molar-refractivity contribution in [3.05, 3.63) is 59.7 Å². The molecule has 31 heavy (non-hydrogen) atoms. The van der Waals surface area contributed by atoms with Gasteiger partial charge in [0.05, 0.1) is 33.9 Å². The predicted octanol–water partition coefficient (Wildman–Crippen LogP) is 3.26. The minimum atomic E-state index is -0.356. The van der Waals surface area contributed by atoms with Gasteiger partial charge < -0.3 is 29.4 Å². The molecule has 1 heterocycles. The van der Waals surface area contributed by atoms with Gasteiger partial charge in [-0.05, 0) is 24.6 Å². The van der Waals surface area contributed by atoms with Crippen molar-refractivity contribution in [1.82, 2.24) is 9.55 Å². The number of methoxy groups -OCH3 is 3. The summed E-state index contributed by atoms with van der Waals surface area (Å²) >= 11 is 0. The Morgan fingerprint density at radius 3 is 2.16 bits per heavy atom. The zero-order chi connectivity index (χ0) is 22.5. The lowest BCUT2D eigenvalue weighted by atomic mass is 10.1. The van der Waals surface area contributed by atoms with Crippen LogP contribution in [-0.4, -0.2) is 42.7 Å². The van der Waals surface area contributed by atoms with Gasteiger partial charge in [-0.2, -0.15) is 0 Å². The number of rotatable bonds is 7. The number of hydrogen-bond donors (Lipinski definition) is 2. The standard InChI is InChI=1S/C22H24N4O5/c1-13-6-7-14(8-16(13)25-22(28)17-11-23-12-26(17)2)21(27)24-15-9-18(29-3)20(31-5)19(10-15)30-4/h6-12H,1-5H3,(H,24,27)(H,25,28). The second kappa shape index (κ2) is 9.21. The second-order valence-corrected chi connectivity index (χ2v) is 6.74. The van der Waals surface area contributed by atoms with Crippen LogP contribution in [0.3, 0.4) is 0 Å². The largest absolute Gasteiger partial charge is 0.493 e. The molecule has 0 bridgehead atoms. The SMILES string of the molecule is COc1cc(NC(=O)c2ccc(C)c(NC(=O)c3cncn3C)c2)cc(OC)c1OC. The minimum absolute atomic E-state index is 0.315. The lowest BCUT2D eigenvalue weighted by Crippen LogP contribution is -2.17. The Morgan fingerprint density at radius 2 is 1.61 bits per heavy atom. The lowest BCUT2D eigenvalue weighted by molar-refractivity contribution is 0.101. The Hall–Kier alpha value is -4.01. The van der Waals surface area contributed by atoms with Gasteiger partial charge in [-0.3, -0.25) is 9.59 Å². The molecule has 9 heteroatoms. The first-order chi connectivity index (χ1) is 14.9. The molecule has 2 aromatic carbocycles. The molecule has 0 atom stereocenters. The highest BCUT2D eigenvalue weighted by atomic mass is 16.5. The first-order valence-electron chi connectivity index (χ1n) is 9.37. The third-order valence-corrected chi connectivity index (χ3v) is 4.72. The smallest absolute Gasteiger partial charge is 0.273 e. The number of carbonyl (C=O) groups excluding carboxylic acids is 2. The van der Waals surface area contributed by atoms with E-state index in [9.17, 15) is 9.59 Å². The number of nitrogens with one attached hydrogen (secondary N) is 2. The van der Waals surface area contributed by atoms with Crippen LogP contribution in [0.5, 0.6) is 17.2 Å². The predicted molar refractivity (Wildman–Crippen MR) is 116 cm³/mol. The van der Waals surface area contributed by atoms with Gasteiger partial charge in [0, 0.05) is 36.1 Å². The zero-order valence-corrected chi connectivity index (χ0v) is 18.0. The van der Waals surface area contributed by atoms with Crippen molar-refractivity contribution in [2.45, 2.75) is 6.92 Å². The van der Waals surface area contributed by atoms with Crippen LogP contribution in [0.2, 0.25) is 0 Å². The van der Waals surface area contributed by atoms with Crippen LogP contribution in [0.1, 0.15) is 26.4 Å². The average molecular weight is 424 g/mol. The van der Waals surface area contributed by atoms with Crippen LogP contribution in [0, 0.1) is 6.92 Å². The molecule has 1 aromatic heterocycles. The summed E-state index contributed by atoms with van der Waals surface area (Å²) in [7, 11) is 6.24. The number of aryl methyl sites for hydroxylation is 2. The van der Waals surface area contributed by atoms with Gasteiger partial charge >= 0.3 is 0 Å². The maximum Gasteiger partial charge on any atom is 0.273 e. The Kier molecular flexibility index (Phi) is 6.44. The summed E-state index contributed by atoms with van der Waals surface area (Å²) in [6.45, 7) is 1.85. The Morgan fingerprint density at radius 1 is 0.935 bits per heavy atom. The van der Waals surface area contributed by atoms with Crippen LogP contribution in [-0.2, 0) is 7.05 Å². The molecule has 0 saturated carbocycles. The lowest BCUT2D eigenvalue weighted by Gasteiger charge is -2.15. The summed E-state index contributed by atoms with van der Waals surface area (Å²) in [6.07, 6.45) is 3.02. The maximum atomic E-state index is 12.8. The fourth-order valence-corrected chi connectivity index (χ4v) is 3.02. The Balaban J connectivity index is 1.84. The van der Waals surface area contributed by atoms with Gasteiger partial charge in [0.1, 0.15) is 5.69 Å². The summed E-state index contributed by atoms with van der Waals surface area (Å²) in [5.74, 6) is 0.601. The van der Waals surface area contributed by atoms with Crippen LogP contribution < -0.4 is 24.8 Å².